The number of hydrogen-bond donors (Lipinski definition) is 1. The molecule has 0 aliphatic carbocycles. The van der Waals surface area contributed by atoms with Crippen molar-refractivity contribution < 1.29 is 0 Å². The maximum absolute atomic E-state index is 3.52. The van der Waals surface area contributed by atoms with Crippen LogP contribution in [0.25, 0.3) is 0 Å². The SMILES string of the molecule is CC1CNCCc2ccc(N(C)Cc3ccccc3)cc21.Cl. The fourth-order valence-electron chi connectivity index (χ4n) is 3.11. The Morgan fingerprint density at radius 3 is 2.68 bits per heavy atom. The zero-order valence-electron chi connectivity index (χ0n) is 13.4. The predicted octanol–water partition coefficient (Wildman–Crippen LogP) is 3.99. The van der Waals surface area contributed by atoms with Gasteiger partial charge in [-0.1, -0.05) is 43.3 Å². The molecule has 0 saturated carbocycles. The van der Waals surface area contributed by atoms with E-state index in [1.807, 2.05) is 0 Å². The standard InChI is InChI=1S/C19H24N2.ClH/c1-15-13-20-11-10-17-8-9-18(12-19(15)17)21(2)14-16-6-4-3-5-7-16;/h3-9,12,15,20H,10-11,13-14H2,1-2H3;1H. The molecule has 0 amide bonds. The molecule has 1 aliphatic rings. The van der Waals surface area contributed by atoms with Crippen molar-refractivity contribution >= 4 is 18.1 Å². The number of rotatable bonds is 3. The van der Waals surface area contributed by atoms with E-state index in [4.69, 9.17) is 0 Å². The van der Waals surface area contributed by atoms with Gasteiger partial charge >= 0.3 is 0 Å². The van der Waals surface area contributed by atoms with Crippen LogP contribution >= 0.6 is 12.4 Å². The minimum absolute atomic E-state index is 0. The highest BCUT2D eigenvalue weighted by atomic mass is 35.5. The van der Waals surface area contributed by atoms with E-state index in [2.05, 4.69) is 72.7 Å². The molecule has 1 N–H and O–H groups in total. The van der Waals surface area contributed by atoms with Gasteiger partial charge in [0.05, 0.1) is 0 Å². The third-order valence-electron chi connectivity index (χ3n) is 4.39. The first kappa shape index (κ1) is 16.9. The molecule has 2 aromatic carbocycles. The Morgan fingerprint density at radius 2 is 1.91 bits per heavy atom. The van der Waals surface area contributed by atoms with Crippen LogP contribution < -0.4 is 10.2 Å². The Hall–Kier alpha value is -1.51. The van der Waals surface area contributed by atoms with Gasteiger partial charge in [0.15, 0.2) is 0 Å². The second-order valence-corrected chi connectivity index (χ2v) is 6.08. The molecule has 2 nitrogen and oxygen atoms in total. The topological polar surface area (TPSA) is 15.3 Å². The van der Waals surface area contributed by atoms with Crippen LogP contribution in [0.15, 0.2) is 48.5 Å². The first-order chi connectivity index (χ1) is 10.2. The van der Waals surface area contributed by atoms with Crippen LogP contribution in [0.4, 0.5) is 5.69 Å². The quantitative estimate of drug-likeness (QED) is 0.921. The average Bonchev–Trinajstić information content (AvgIpc) is 2.70. The second kappa shape index (κ2) is 7.66. The molecule has 2 aromatic rings. The summed E-state index contributed by atoms with van der Waals surface area (Å²) in [6.45, 7) is 5.44. The summed E-state index contributed by atoms with van der Waals surface area (Å²) in [5.74, 6) is 0.590. The zero-order valence-corrected chi connectivity index (χ0v) is 14.2. The summed E-state index contributed by atoms with van der Waals surface area (Å²) in [5.41, 5.74) is 5.68. The van der Waals surface area contributed by atoms with E-state index in [1.165, 1.54) is 22.4 Å². The minimum Gasteiger partial charge on any atom is -0.370 e. The van der Waals surface area contributed by atoms with E-state index in [-0.39, 0.29) is 12.4 Å². The summed E-state index contributed by atoms with van der Waals surface area (Å²) in [5, 5.41) is 3.52. The Balaban J connectivity index is 0.00000176. The van der Waals surface area contributed by atoms with E-state index in [0.717, 1.165) is 26.1 Å². The number of benzene rings is 2. The molecule has 118 valence electrons. The monoisotopic (exact) mass is 316 g/mol. The first-order valence-corrected chi connectivity index (χ1v) is 7.82. The molecule has 0 aromatic heterocycles. The molecule has 1 heterocycles. The maximum atomic E-state index is 3.52. The lowest BCUT2D eigenvalue weighted by Crippen LogP contribution is -2.19. The summed E-state index contributed by atoms with van der Waals surface area (Å²) in [6, 6.07) is 17.6. The Labute approximate surface area is 140 Å². The largest absolute Gasteiger partial charge is 0.370 e. The van der Waals surface area contributed by atoms with E-state index in [9.17, 15) is 0 Å². The van der Waals surface area contributed by atoms with Crippen LogP contribution in [0, 0.1) is 0 Å². The third kappa shape index (κ3) is 3.82. The van der Waals surface area contributed by atoms with Crippen molar-refractivity contribution in [2.75, 3.05) is 25.0 Å². The van der Waals surface area contributed by atoms with Gasteiger partial charge in [-0.25, -0.2) is 0 Å². The van der Waals surface area contributed by atoms with E-state index >= 15 is 0 Å². The highest BCUT2D eigenvalue weighted by molar-refractivity contribution is 5.85. The molecule has 0 bridgehead atoms. The van der Waals surface area contributed by atoms with Gasteiger partial charge in [0.25, 0.3) is 0 Å². The van der Waals surface area contributed by atoms with Crippen molar-refractivity contribution in [1.29, 1.82) is 0 Å². The van der Waals surface area contributed by atoms with Gasteiger partial charge in [-0.05, 0) is 47.7 Å². The number of halogens is 1. The Morgan fingerprint density at radius 1 is 1.14 bits per heavy atom. The fraction of sp³-hybridized carbons (Fsp3) is 0.368. The number of hydrogen-bond acceptors (Lipinski definition) is 2. The van der Waals surface area contributed by atoms with Crippen molar-refractivity contribution in [1.82, 2.24) is 5.32 Å². The number of fused-ring (bicyclic) bond motifs is 1. The molecule has 1 atom stereocenters. The van der Waals surface area contributed by atoms with Crippen molar-refractivity contribution in [3.8, 4) is 0 Å². The molecule has 0 radical (unpaired) electrons. The lowest BCUT2D eigenvalue weighted by Gasteiger charge is -2.22. The summed E-state index contributed by atoms with van der Waals surface area (Å²) < 4.78 is 0. The van der Waals surface area contributed by atoms with Gasteiger partial charge in [0.2, 0.25) is 0 Å². The van der Waals surface area contributed by atoms with Crippen LogP contribution in [0.3, 0.4) is 0 Å². The van der Waals surface area contributed by atoms with Gasteiger partial charge in [-0.3, -0.25) is 0 Å². The second-order valence-electron chi connectivity index (χ2n) is 6.08. The zero-order chi connectivity index (χ0) is 14.7. The van der Waals surface area contributed by atoms with Crippen LogP contribution in [0.2, 0.25) is 0 Å². The van der Waals surface area contributed by atoms with E-state index in [0.29, 0.717) is 5.92 Å². The maximum Gasteiger partial charge on any atom is 0.0426 e. The minimum atomic E-state index is 0. The Bertz CT molecular complexity index is 598. The normalized spacial score (nSPS) is 17.1. The molecule has 1 aliphatic heterocycles. The van der Waals surface area contributed by atoms with Crippen LogP contribution in [0.1, 0.15) is 29.5 Å². The molecule has 3 rings (SSSR count). The molecule has 22 heavy (non-hydrogen) atoms. The molecule has 0 spiro atoms. The third-order valence-corrected chi connectivity index (χ3v) is 4.39. The summed E-state index contributed by atoms with van der Waals surface area (Å²) in [6.07, 6.45) is 1.14. The highest BCUT2D eigenvalue weighted by Crippen LogP contribution is 2.27. The van der Waals surface area contributed by atoms with Gasteiger partial charge in [0, 0.05) is 25.8 Å². The lowest BCUT2D eigenvalue weighted by atomic mass is 9.94. The molecular weight excluding hydrogens is 292 g/mol. The Kier molecular flexibility index (Phi) is 5.87. The van der Waals surface area contributed by atoms with Crippen molar-refractivity contribution in [2.24, 2.45) is 0 Å². The fourth-order valence-corrected chi connectivity index (χ4v) is 3.11. The highest BCUT2D eigenvalue weighted by Gasteiger charge is 2.15. The smallest absolute Gasteiger partial charge is 0.0426 e. The van der Waals surface area contributed by atoms with Crippen LogP contribution in [0.5, 0.6) is 0 Å². The summed E-state index contributed by atoms with van der Waals surface area (Å²) in [7, 11) is 2.17. The molecule has 1 unspecified atom stereocenters. The number of anilines is 1. The predicted molar refractivity (Wildman–Crippen MR) is 97.2 cm³/mol. The average molecular weight is 317 g/mol. The van der Waals surface area contributed by atoms with Crippen molar-refractivity contribution in [3.05, 3.63) is 65.2 Å². The lowest BCUT2D eigenvalue weighted by molar-refractivity contribution is 0.644. The summed E-state index contributed by atoms with van der Waals surface area (Å²) >= 11 is 0. The van der Waals surface area contributed by atoms with Crippen LogP contribution in [-0.2, 0) is 13.0 Å². The van der Waals surface area contributed by atoms with Gasteiger partial charge in [-0.15, -0.1) is 12.4 Å². The first-order valence-electron chi connectivity index (χ1n) is 7.82. The van der Waals surface area contributed by atoms with Gasteiger partial charge in [0.1, 0.15) is 0 Å². The van der Waals surface area contributed by atoms with E-state index in [1.54, 1.807) is 0 Å². The molecular formula is C19H25ClN2. The van der Waals surface area contributed by atoms with E-state index < -0.39 is 0 Å². The summed E-state index contributed by atoms with van der Waals surface area (Å²) in [4.78, 5) is 2.33. The van der Waals surface area contributed by atoms with Gasteiger partial charge in [-0.2, -0.15) is 0 Å². The van der Waals surface area contributed by atoms with Crippen molar-refractivity contribution in [3.63, 3.8) is 0 Å². The molecule has 3 heteroatoms. The molecule has 0 fully saturated rings. The molecule has 0 saturated heterocycles. The number of nitrogens with zero attached hydrogens (tertiary/aromatic N) is 1. The van der Waals surface area contributed by atoms with Crippen molar-refractivity contribution in [2.45, 2.75) is 25.8 Å². The van der Waals surface area contributed by atoms with Gasteiger partial charge < -0.3 is 10.2 Å². The van der Waals surface area contributed by atoms with Crippen LogP contribution in [-0.4, -0.2) is 20.1 Å². The number of nitrogens with one attached hydrogen (secondary N) is 1.